The van der Waals surface area contributed by atoms with Crippen molar-refractivity contribution in [2.24, 2.45) is 0 Å². The van der Waals surface area contributed by atoms with Crippen molar-refractivity contribution in [3.8, 4) is 0 Å². The number of nitrogens with one attached hydrogen (secondary N) is 1. The Hall–Kier alpha value is -0.910. The lowest BCUT2D eigenvalue weighted by molar-refractivity contribution is 0.0616. The lowest BCUT2D eigenvalue weighted by Gasteiger charge is -2.43. The summed E-state index contributed by atoms with van der Waals surface area (Å²) >= 11 is 0. The van der Waals surface area contributed by atoms with Gasteiger partial charge in [-0.05, 0) is 27.8 Å². The van der Waals surface area contributed by atoms with Gasteiger partial charge in [0.15, 0.2) is 0 Å². The maximum atomic E-state index is 4.41. The Morgan fingerprint density at radius 2 is 1.95 bits per heavy atom. The summed E-state index contributed by atoms with van der Waals surface area (Å²) in [4.78, 5) is 9.40. The molecule has 5 heteroatoms. The average Bonchev–Trinajstić information content (AvgIpc) is 2.86. The van der Waals surface area contributed by atoms with Crippen molar-refractivity contribution in [1.29, 1.82) is 0 Å². The molecule has 1 aliphatic rings. The quantitative estimate of drug-likeness (QED) is 0.843. The molecule has 114 valence electrons. The molecule has 1 fully saturated rings. The zero-order chi connectivity index (χ0) is 14.6. The number of aromatic nitrogens is 2. The summed E-state index contributed by atoms with van der Waals surface area (Å²) < 4.78 is 2.19. The smallest absolute Gasteiger partial charge is 0.122 e. The minimum atomic E-state index is 0.199. The Labute approximate surface area is 123 Å². The van der Waals surface area contributed by atoms with Crippen LogP contribution in [0, 0.1) is 0 Å². The summed E-state index contributed by atoms with van der Waals surface area (Å²) in [6.45, 7) is 14.3. The van der Waals surface area contributed by atoms with E-state index in [0.29, 0.717) is 0 Å². The highest BCUT2D eigenvalue weighted by Gasteiger charge is 2.28. The number of imidazole rings is 1. The maximum absolute atomic E-state index is 4.41. The summed E-state index contributed by atoms with van der Waals surface area (Å²) in [6, 6.07) is 0. The summed E-state index contributed by atoms with van der Waals surface area (Å²) in [5.74, 6) is 1.13. The van der Waals surface area contributed by atoms with Crippen LogP contribution in [0.15, 0.2) is 12.4 Å². The SMILES string of the molecule is CCn1ccnc1CNCC(C)(C)N1CCN(C)CC1. The summed E-state index contributed by atoms with van der Waals surface area (Å²) in [5, 5.41) is 3.57. The van der Waals surface area contributed by atoms with E-state index in [-0.39, 0.29) is 5.54 Å². The second-order valence-electron chi connectivity index (χ2n) is 6.34. The van der Waals surface area contributed by atoms with Gasteiger partial charge in [0.25, 0.3) is 0 Å². The molecule has 2 heterocycles. The molecule has 1 aromatic rings. The standard InChI is InChI=1S/C15H29N5/c1-5-19-7-6-17-14(19)12-16-13-15(2,3)20-10-8-18(4)9-11-20/h6-7,16H,5,8-13H2,1-4H3. The van der Waals surface area contributed by atoms with E-state index in [2.05, 4.69) is 52.5 Å². The number of hydrogen-bond acceptors (Lipinski definition) is 4. The average molecular weight is 279 g/mol. The highest BCUT2D eigenvalue weighted by atomic mass is 15.3. The molecule has 0 atom stereocenters. The van der Waals surface area contributed by atoms with E-state index in [1.807, 2.05) is 12.4 Å². The zero-order valence-electron chi connectivity index (χ0n) is 13.4. The predicted octanol–water partition coefficient (Wildman–Crippen LogP) is 1.02. The molecule has 0 radical (unpaired) electrons. The Morgan fingerprint density at radius 1 is 1.25 bits per heavy atom. The molecule has 0 bridgehead atoms. The van der Waals surface area contributed by atoms with Gasteiger partial charge in [-0.3, -0.25) is 4.90 Å². The van der Waals surface area contributed by atoms with Crippen LogP contribution in [0.5, 0.6) is 0 Å². The van der Waals surface area contributed by atoms with Crippen LogP contribution >= 0.6 is 0 Å². The van der Waals surface area contributed by atoms with Crippen LogP contribution in [0.3, 0.4) is 0 Å². The van der Waals surface area contributed by atoms with E-state index in [1.54, 1.807) is 0 Å². The third-order valence-electron chi connectivity index (χ3n) is 4.34. The Bertz CT molecular complexity index is 404. The van der Waals surface area contributed by atoms with Crippen LogP contribution < -0.4 is 5.32 Å². The van der Waals surface area contributed by atoms with Gasteiger partial charge in [0.1, 0.15) is 5.82 Å². The van der Waals surface area contributed by atoms with E-state index < -0.39 is 0 Å². The monoisotopic (exact) mass is 279 g/mol. The first-order valence-electron chi connectivity index (χ1n) is 7.67. The van der Waals surface area contributed by atoms with Gasteiger partial charge in [0, 0.05) is 57.2 Å². The molecule has 1 aliphatic heterocycles. The molecule has 2 rings (SSSR count). The molecule has 0 unspecified atom stereocenters. The molecule has 1 saturated heterocycles. The highest BCUT2D eigenvalue weighted by Crippen LogP contribution is 2.15. The summed E-state index contributed by atoms with van der Waals surface area (Å²) in [7, 11) is 2.20. The van der Waals surface area contributed by atoms with Crippen LogP contribution in [0.4, 0.5) is 0 Å². The fourth-order valence-electron chi connectivity index (χ4n) is 2.80. The second-order valence-corrected chi connectivity index (χ2v) is 6.34. The van der Waals surface area contributed by atoms with E-state index in [9.17, 15) is 0 Å². The molecule has 1 aromatic heterocycles. The number of likely N-dealkylation sites (N-methyl/N-ethyl adjacent to an activating group) is 1. The van der Waals surface area contributed by atoms with E-state index >= 15 is 0 Å². The molecule has 0 aromatic carbocycles. The fourth-order valence-corrected chi connectivity index (χ4v) is 2.80. The fraction of sp³-hybridized carbons (Fsp3) is 0.800. The molecular formula is C15H29N5. The van der Waals surface area contributed by atoms with Gasteiger partial charge in [0.2, 0.25) is 0 Å². The van der Waals surface area contributed by atoms with Crippen molar-refractivity contribution in [3.63, 3.8) is 0 Å². The lowest BCUT2D eigenvalue weighted by atomic mass is 10.0. The van der Waals surface area contributed by atoms with Crippen LogP contribution in [-0.2, 0) is 13.1 Å². The molecule has 0 amide bonds. The Kier molecular flexibility index (Phi) is 5.18. The number of nitrogens with zero attached hydrogens (tertiary/aromatic N) is 4. The first kappa shape index (κ1) is 15.5. The normalized spacial score (nSPS) is 18.6. The van der Waals surface area contributed by atoms with Gasteiger partial charge in [-0.15, -0.1) is 0 Å². The number of hydrogen-bond donors (Lipinski definition) is 1. The summed E-state index contributed by atoms with van der Waals surface area (Å²) in [5.41, 5.74) is 0.199. The molecule has 0 aliphatic carbocycles. The highest BCUT2D eigenvalue weighted by molar-refractivity contribution is 4.93. The second kappa shape index (κ2) is 6.70. The van der Waals surface area contributed by atoms with Crippen LogP contribution in [0.25, 0.3) is 0 Å². The summed E-state index contributed by atoms with van der Waals surface area (Å²) in [6.07, 6.45) is 3.93. The topological polar surface area (TPSA) is 36.3 Å². The third-order valence-corrected chi connectivity index (χ3v) is 4.34. The minimum absolute atomic E-state index is 0.199. The van der Waals surface area contributed by atoms with Gasteiger partial charge >= 0.3 is 0 Å². The van der Waals surface area contributed by atoms with E-state index in [4.69, 9.17) is 0 Å². The molecule has 1 N–H and O–H groups in total. The molecule has 20 heavy (non-hydrogen) atoms. The number of aryl methyl sites for hydroxylation is 1. The third kappa shape index (κ3) is 3.81. The zero-order valence-corrected chi connectivity index (χ0v) is 13.4. The molecule has 0 saturated carbocycles. The maximum Gasteiger partial charge on any atom is 0.122 e. The number of rotatable bonds is 6. The van der Waals surface area contributed by atoms with Crippen molar-refractivity contribution >= 4 is 0 Å². The largest absolute Gasteiger partial charge is 0.334 e. The van der Waals surface area contributed by atoms with Crippen molar-refractivity contribution in [2.45, 2.75) is 39.4 Å². The Morgan fingerprint density at radius 3 is 2.60 bits per heavy atom. The van der Waals surface area contributed by atoms with Crippen LogP contribution in [-0.4, -0.2) is 64.7 Å². The van der Waals surface area contributed by atoms with Crippen molar-refractivity contribution < 1.29 is 0 Å². The van der Waals surface area contributed by atoms with Gasteiger partial charge in [-0.2, -0.15) is 0 Å². The van der Waals surface area contributed by atoms with Gasteiger partial charge in [-0.1, -0.05) is 0 Å². The lowest BCUT2D eigenvalue weighted by Crippen LogP contribution is -2.57. The Balaban J connectivity index is 1.80. The minimum Gasteiger partial charge on any atom is -0.334 e. The first-order chi connectivity index (χ1) is 9.53. The van der Waals surface area contributed by atoms with Crippen LogP contribution in [0.1, 0.15) is 26.6 Å². The van der Waals surface area contributed by atoms with E-state index in [1.165, 1.54) is 13.1 Å². The molecule has 5 nitrogen and oxygen atoms in total. The first-order valence-corrected chi connectivity index (χ1v) is 7.67. The number of piperazine rings is 1. The van der Waals surface area contributed by atoms with Gasteiger partial charge < -0.3 is 14.8 Å². The van der Waals surface area contributed by atoms with Crippen LogP contribution in [0.2, 0.25) is 0 Å². The predicted molar refractivity (Wildman–Crippen MR) is 82.8 cm³/mol. The van der Waals surface area contributed by atoms with Gasteiger partial charge in [0.05, 0.1) is 6.54 Å². The van der Waals surface area contributed by atoms with Gasteiger partial charge in [-0.25, -0.2) is 4.98 Å². The van der Waals surface area contributed by atoms with E-state index in [0.717, 1.165) is 38.5 Å². The van der Waals surface area contributed by atoms with Crippen molar-refractivity contribution in [3.05, 3.63) is 18.2 Å². The van der Waals surface area contributed by atoms with Crippen molar-refractivity contribution in [1.82, 2.24) is 24.7 Å². The van der Waals surface area contributed by atoms with Crippen molar-refractivity contribution in [2.75, 3.05) is 39.8 Å². The molecule has 0 spiro atoms. The molecular weight excluding hydrogens is 250 g/mol.